The van der Waals surface area contributed by atoms with E-state index in [1.165, 1.54) is 0 Å². The Morgan fingerprint density at radius 3 is 2.62 bits per heavy atom. The van der Waals surface area contributed by atoms with Gasteiger partial charge < -0.3 is 15.2 Å². The standard InChI is InChI=1S/C10H23NO2/c1-9(8-12)5-4-6-11-7-10(2)13-3/h9-12H,4-8H2,1-3H3. The molecule has 0 bridgehead atoms. The van der Waals surface area contributed by atoms with Crippen molar-refractivity contribution in [3.8, 4) is 0 Å². The lowest BCUT2D eigenvalue weighted by molar-refractivity contribution is 0.117. The average molecular weight is 189 g/mol. The van der Waals surface area contributed by atoms with Crippen LogP contribution in [-0.4, -0.2) is 38.0 Å². The molecule has 0 saturated carbocycles. The molecule has 80 valence electrons. The van der Waals surface area contributed by atoms with E-state index in [2.05, 4.69) is 12.2 Å². The maximum absolute atomic E-state index is 8.78. The Bertz CT molecular complexity index is 97.1. The van der Waals surface area contributed by atoms with Crippen LogP contribution in [0.25, 0.3) is 0 Å². The first-order chi connectivity index (χ1) is 6.20. The number of aliphatic hydroxyl groups excluding tert-OH is 1. The van der Waals surface area contributed by atoms with Gasteiger partial charge in [0.1, 0.15) is 0 Å². The second-order valence-electron chi connectivity index (χ2n) is 3.68. The molecule has 2 atom stereocenters. The van der Waals surface area contributed by atoms with Gasteiger partial charge in [-0.2, -0.15) is 0 Å². The van der Waals surface area contributed by atoms with Gasteiger partial charge >= 0.3 is 0 Å². The Kier molecular flexibility index (Phi) is 8.40. The summed E-state index contributed by atoms with van der Waals surface area (Å²) in [5.74, 6) is 0.432. The van der Waals surface area contributed by atoms with Crippen LogP contribution in [0.4, 0.5) is 0 Å². The first-order valence-electron chi connectivity index (χ1n) is 5.05. The van der Waals surface area contributed by atoms with E-state index in [1.807, 2.05) is 6.92 Å². The molecule has 2 N–H and O–H groups in total. The first-order valence-corrected chi connectivity index (χ1v) is 5.05. The summed E-state index contributed by atoms with van der Waals surface area (Å²) >= 11 is 0. The van der Waals surface area contributed by atoms with E-state index in [4.69, 9.17) is 9.84 Å². The minimum Gasteiger partial charge on any atom is -0.396 e. The quantitative estimate of drug-likeness (QED) is 0.560. The van der Waals surface area contributed by atoms with Crippen molar-refractivity contribution in [2.75, 3.05) is 26.8 Å². The molecule has 3 heteroatoms. The summed E-state index contributed by atoms with van der Waals surface area (Å²) in [5, 5.41) is 12.1. The molecule has 0 aromatic carbocycles. The fourth-order valence-corrected chi connectivity index (χ4v) is 1.06. The van der Waals surface area contributed by atoms with E-state index in [0.717, 1.165) is 25.9 Å². The molecule has 0 fully saturated rings. The molecule has 0 aliphatic heterocycles. The lowest BCUT2D eigenvalue weighted by Gasteiger charge is -2.11. The normalized spacial score (nSPS) is 15.7. The van der Waals surface area contributed by atoms with E-state index in [0.29, 0.717) is 12.5 Å². The Morgan fingerprint density at radius 2 is 2.08 bits per heavy atom. The molecule has 0 aliphatic carbocycles. The molecule has 3 nitrogen and oxygen atoms in total. The SMILES string of the molecule is COC(C)CNCCCC(C)CO. The second-order valence-corrected chi connectivity index (χ2v) is 3.68. The fourth-order valence-electron chi connectivity index (χ4n) is 1.06. The van der Waals surface area contributed by atoms with E-state index in [9.17, 15) is 0 Å². The van der Waals surface area contributed by atoms with Gasteiger partial charge in [-0.3, -0.25) is 0 Å². The smallest absolute Gasteiger partial charge is 0.0667 e. The average Bonchev–Trinajstić information content (AvgIpc) is 2.16. The van der Waals surface area contributed by atoms with Crippen molar-refractivity contribution in [2.45, 2.75) is 32.8 Å². The van der Waals surface area contributed by atoms with Crippen LogP contribution >= 0.6 is 0 Å². The van der Waals surface area contributed by atoms with Crippen molar-refractivity contribution in [1.29, 1.82) is 0 Å². The van der Waals surface area contributed by atoms with Crippen molar-refractivity contribution in [3.63, 3.8) is 0 Å². The van der Waals surface area contributed by atoms with Crippen LogP contribution in [0.2, 0.25) is 0 Å². The lowest BCUT2D eigenvalue weighted by atomic mass is 10.1. The third-order valence-corrected chi connectivity index (χ3v) is 2.20. The largest absolute Gasteiger partial charge is 0.396 e. The Balaban J connectivity index is 3.08. The van der Waals surface area contributed by atoms with E-state index < -0.39 is 0 Å². The van der Waals surface area contributed by atoms with Crippen LogP contribution < -0.4 is 5.32 Å². The Morgan fingerprint density at radius 1 is 1.38 bits per heavy atom. The zero-order valence-corrected chi connectivity index (χ0v) is 9.05. The van der Waals surface area contributed by atoms with Crippen LogP contribution in [0, 0.1) is 5.92 Å². The van der Waals surface area contributed by atoms with E-state index in [1.54, 1.807) is 7.11 Å². The van der Waals surface area contributed by atoms with Crippen molar-refractivity contribution in [2.24, 2.45) is 5.92 Å². The third kappa shape index (κ3) is 8.22. The van der Waals surface area contributed by atoms with Crippen LogP contribution in [0.3, 0.4) is 0 Å². The topological polar surface area (TPSA) is 41.5 Å². The third-order valence-electron chi connectivity index (χ3n) is 2.20. The molecule has 0 aromatic heterocycles. The minimum atomic E-state index is 0.287. The van der Waals surface area contributed by atoms with Gasteiger partial charge in [-0.25, -0.2) is 0 Å². The Hall–Kier alpha value is -0.120. The molecule has 13 heavy (non-hydrogen) atoms. The molecule has 0 rings (SSSR count). The number of aliphatic hydroxyl groups is 1. The van der Waals surface area contributed by atoms with Gasteiger partial charge in [0, 0.05) is 20.3 Å². The highest BCUT2D eigenvalue weighted by atomic mass is 16.5. The number of methoxy groups -OCH3 is 1. The van der Waals surface area contributed by atoms with Crippen molar-refractivity contribution in [1.82, 2.24) is 5.32 Å². The number of nitrogens with one attached hydrogen (secondary N) is 1. The minimum absolute atomic E-state index is 0.287. The number of hydrogen-bond acceptors (Lipinski definition) is 3. The highest BCUT2D eigenvalue weighted by Crippen LogP contribution is 2.02. The number of rotatable bonds is 8. The predicted molar refractivity (Wildman–Crippen MR) is 54.8 cm³/mol. The molecule has 0 heterocycles. The second kappa shape index (κ2) is 8.48. The molecule has 0 amide bonds. The molecule has 2 unspecified atom stereocenters. The van der Waals surface area contributed by atoms with Gasteiger partial charge in [0.25, 0.3) is 0 Å². The van der Waals surface area contributed by atoms with Crippen molar-refractivity contribution < 1.29 is 9.84 Å². The number of hydrogen-bond donors (Lipinski definition) is 2. The van der Waals surface area contributed by atoms with Gasteiger partial charge in [-0.05, 0) is 32.2 Å². The zero-order chi connectivity index (χ0) is 10.1. The summed E-state index contributed by atoms with van der Waals surface area (Å²) in [4.78, 5) is 0. The summed E-state index contributed by atoms with van der Waals surface area (Å²) in [7, 11) is 1.72. The summed E-state index contributed by atoms with van der Waals surface area (Å²) < 4.78 is 5.10. The zero-order valence-electron chi connectivity index (χ0n) is 9.05. The highest BCUT2D eigenvalue weighted by molar-refractivity contribution is 4.56. The lowest BCUT2D eigenvalue weighted by Crippen LogP contribution is -2.27. The van der Waals surface area contributed by atoms with Gasteiger partial charge in [-0.15, -0.1) is 0 Å². The summed E-state index contributed by atoms with van der Waals surface area (Å²) in [5.41, 5.74) is 0. The summed E-state index contributed by atoms with van der Waals surface area (Å²) in [6, 6.07) is 0. The van der Waals surface area contributed by atoms with Gasteiger partial charge in [0.2, 0.25) is 0 Å². The molecular formula is C10H23NO2. The predicted octanol–water partition coefficient (Wildman–Crippen LogP) is 1.02. The molecular weight excluding hydrogens is 166 g/mol. The molecule has 0 saturated heterocycles. The van der Waals surface area contributed by atoms with Gasteiger partial charge in [0.15, 0.2) is 0 Å². The van der Waals surface area contributed by atoms with Crippen LogP contribution in [0.5, 0.6) is 0 Å². The van der Waals surface area contributed by atoms with Gasteiger partial charge in [-0.1, -0.05) is 6.92 Å². The van der Waals surface area contributed by atoms with Crippen molar-refractivity contribution in [3.05, 3.63) is 0 Å². The van der Waals surface area contributed by atoms with Crippen LogP contribution in [0.1, 0.15) is 26.7 Å². The fraction of sp³-hybridized carbons (Fsp3) is 1.00. The monoisotopic (exact) mass is 189 g/mol. The molecule has 0 radical (unpaired) electrons. The number of ether oxygens (including phenoxy) is 1. The first kappa shape index (κ1) is 12.9. The molecule has 0 spiro atoms. The van der Waals surface area contributed by atoms with Crippen LogP contribution in [0.15, 0.2) is 0 Å². The van der Waals surface area contributed by atoms with Gasteiger partial charge in [0.05, 0.1) is 6.10 Å². The van der Waals surface area contributed by atoms with Crippen LogP contribution in [-0.2, 0) is 4.74 Å². The van der Waals surface area contributed by atoms with E-state index in [-0.39, 0.29) is 6.10 Å². The highest BCUT2D eigenvalue weighted by Gasteiger charge is 2.00. The summed E-state index contributed by atoms with van der Waals surface area (Å²) in [6.07, 6.45) is 2.50. The molecule has 0 aliphatic rings. The van der Waals surface area contributed by atoms with Crippen molar-refractivity contribution >= 4 is 0 Å². The maximum atomic E-state index is 8.78. The maximum Gasteiger partial charge on any atom is 0.0667 e. The molecule has 0 aromatic rings. The summed E-state index contributed by atoms with van der Waals surface area (Å²) in [6.45, 7) is 6.33. The Labute approximate surface area is 81.5 Å². The van der Waals surface area contributed by atoms with E-state index >= 15 is 0 Å².